The summed E-state index contributed by atoms with van der Waals surface area (Å²) in [4.78, 5) is 7.15. The van der Waals surface area contributed by atoms with E-state index in [0.717, 1.165) is 39.5 Å². The fourth-order valence-electron chi connectivity index (χ4n) is 4.60. The molecule has 31 heavy (non-hydrogen) atoms. The van der Waals surface area contributed by atoms with Crippen molar-refractivity contribution in [3.63, 3.8) is 0 Å². The van der Waals surface area contributed by atoms with Gasteiger partial charge in [0.15, 0.2) is 0 Å². The van der Waals surface area contributed by atoms with E-state index in [2.05, 4.69) is 47.3 Å². The zero-order chi connectivity index (χ0) is 21.5. The molecule has 0 aliphatic heterocycles. The van der Waals surface area contributed by atoms with Crippen LogP contribution in [-0.4, -0.2) is 37.5 Å². The van der Waals surface area contributed by atoms with Crippen LogP contribution in [0.15, 0.2) is 49.2 Å². The minimum absolute atomic E-state index is 0.569. The number of rotatable bonds is 4. The van der Waals surface area contributed by atoms with E-state index in [1.165, 1.54) is 25.7 Å². The van der Waals surface area contributed by atoms with Crippen molar-refractivity contribution in [2.75, 3.05) is 11.9 Å². The molecule has 1 aliphatic rings. The van der Waals surface area contributed by atoms with Gasteiger partial charge in [-0.1, -0.05) is 18.5 Å². The third-order valence-corrected chi connectivity index (χ3v) is 6.84. The van der Waals surface area contributed by atoms with Crippen LogP contribution in [-0.2, 0) is 7.05 Å². The molecule has 1 fully saturated rings. The number of anilines is 1. The second kappa shape index (κ2) is 8.00. The zero-order valence-electron chi connectivity index (χ0n) is 18.2. The van der Waals surface area contributed by atoms with E-state index < -0.39 is 0 Å². The van der Waals surface area contributed by atoms with Gasteiger partial charge >= 0.3 is 0 Å². The summed E-state index contributed by atoms with van der Waals surface area (Å²) in [6.45, 7) is 2.35. The van der Waals surface area contributed by atoms with Crippen LogP contribution in [0, 0.1) is 5.92 Å². The average Bonchev–Trinajstić information content (AvgIpc) is 3.39. The molecule has 4 aromatic heterocycles. The lowest BCUT2D eigenvalue weighted by Gasteiger charge is -2.34. The van der Waals surface area contributed by atoms with E-state index in [1.54, 1.807) is 10.9 Å². The van der Waals surface area contributed by atoms with Crippen LogP contribution < -0.4 is 4.90 Å². The van der Waals surface area contributed by atoms with Gasteiger partial charge in [-0.05, 0) is 49.8 Å². The molecule has 1 saturated carbocycles. The molecule has 0 amide bonds. The summed E-state index contributed by atoms with van der Waals surface area (Å²) in [7, 11) is 4.08. The molecule has 4 aromatic rings. The highest BCUT2D eigenvalue weighted by Gasteiger charge is 2.22. The van der Waals surface area contributed by atoms with Crippen molar-refractivity contribution in [2.24, 2.45) is 13.0 Å². The molecule has 0 saturated heterocycles. The highest BCUT2D eigenvalue weighted by molar-refractivity contribution is 6.34. The van der Waals surface area contributed by atoms with Crippen LogP contribution in [0.4, 0.5) is 5.82 Å². The summed E-state index contributed by atoms with van der Waals surface area (Å²) in [6.07, 6.45) is 14.5. The van der Waals surface area contributed by atoms with E-state index in [-0.39, 0.29) is 0 Å². The van der Waals surface area contributed by atoms with Gasteiger partial charge in [-0.25, -0.2) is 9.50 Å². The third-order valence-electron chi connectivity index (χ3n) is 6.56. The van der Waals surface area contributed by atoms with Gasteiger partial charge in [-0.2, -0.15) is 10.2 Å². The normalized spacial score (nSPS) is 19.1. The quantitative estimate of drug-likeness (QED) is 0.427. The second-order valence-corrected chi connectivity index (χ2v) is 9.17. The molecular weight excluding hydrogens is 408 g/mol. The molecule has 4 heterocycles. The number of hydrogen-bond acceptors (Lipinski definition) is 4. The van der Waals surface area contributed by atoms with E-state index in [1.807, 2.05) is 36.4 Å². The van der Waals surface area contributed by atoms with Gasteiger partial charge in [0.2, 0.25) is 0 Å². The first-order valence-corrected chi connectivity index (χ1v) is 11.2. The first kappa shape index (κ1) is 20.1. The molecule has 0 atom stereocenters. The van der Waals surface area contributed by atoms with Crippen LogP contribution in [0.25, 0.3) is 27.8 Å². The number of fused-ring (bicyclic) bond motifs is 1. The predicted molar refractivity (Wildman–Crippen MR) is 125 cm³/mol. The average molecular weight is 435 g/mol. The highest BCUT2D eigenvalue weighted by Crippen LogP contribution is 2.34. The van der Waals surface area contributed by atoms with E-state index in [4.69, 9.17) is 16.6 Å². The van der Waals surface area contributed by atoms with Gasteiger partial charge in [0.05, 0.1) is 22.9 Å². The topological polar surface area (TPSA) is 51.2 Å². The molecule has 0 unspecified atom stereocenters. The van der Waals surface area contributed by atoms with E-state index in [9.17, 15) is 0 Å². The largest absolute Gasteiger partial charge is 0.357 e. The molecule has 0 aromatic carbocycles. The van der Waals surface area contributed by atoms with Gasteiger partial charge in [-0.15, -0.1) is 0 Å². The Balaban J connectivity index is 1.51. The molecule has 7 heteroatoms. The molecule has 160 valence electrons. The molecule has 0 spiro atoms. The molecular formula is C24H27ClN6. The van der Waals surface area contributed by atoms with Crippen molar-refractivity contribution in [1.82, 2.24) is 24.4 Å². The minimum atomic E-state index is 0.569. The van der Waals surface area contributed by atoms with Crippen LogP contribution in [0.3, 0.4) is 0 Å². The Hall–Kier alpha value is -2.86. The highest BCUT2D eigenvalue weighted by atomic mass is 35.5. The Morgan fingerprint density at radius 1 is 0.968 bits per heavy atom. The number of halogens is 1. The Labute approximate surface area is 187 Å². The lowest BCUT2D eigenvalue weighted by atomic mass is 9.87. The van der Waals surface area contributed by atoms with Crippen molar-refractivity contribution in [2.45, 2.75) is 38.6 Å². The summed E-state index contributed by atoms with van der Waals surface area (Å²) >= 11 is 6.50. The number of hydrogen-bond donors (Lipinski definition) is 0. The smallest absolute Gasteiger partial charge is 0.128 e. The third kappa shape index (κ3) is 3.81. The van der Waals surface area contributed by atoms with Crippen molar-refractivity contribution >= 4 is 22.9 Å². The Bertz CT molecular complexity index is 1200. The summed E-state index contributed by atoms with van der Waals surface area (Å²) < 4.78 is 3.64. The SMILES string of the molecule is CC1CCC(N(C)c2ccc(-c3cc(-c4cnn(C)c4)cn4ncc(Cl)c34)cn2)CC1. The maximum atomic E-state index is 6.50. The molecule has 1 aliphatic carbocycles. The lowest BCUT2D eigenvalue weighted by Crippen LogP contribution is -2.35. The fourth-order valence-corrected chi connectivity index (χ4v) is 4.84. The van der Waals surface area contributed by atoms with Gasteiger partial charge < -0.3 is 4.90 Å². The van der Waals surface area contributed by atoms with Gasteiger partial charge in [0, 0.05) is 61.0 Å². The number of nitrogens with zero attached hydrogens (tertiary/aromatic N) is 6. The minimum Gasteiger partial charge on any atom is -0.357 e. The van der Waals surface area contributed by atoms with Crippen LogP contribution >= 0.6 is 11.6 Å². The van der Waals surface area contributed by atoms with E-state index >= 15 is 0 Å². The molecule has 6 nitrogen and oxygen atoms in total. The summed E-state index contributed by atoms with van der Waals surface area (Å²) in [5.41, 5.74) is 4.99. The van der Waals surface area contributed by atoms with E-state index in [0.29, 0.717) is 11.1 Å². The standard InChI is InChI=1S/C24H27ClN6/c1-16-4-7-20(8-5-16)30(3)23-9-6-17(11-26-23)21-10-18(19-12-27-29(2)14-19)15-31-24(21)22(25)13-28-31/h6,9-16,20H,4-5,7-8H2,1-3H3. The molecule has 5 rings (SSSR count). The number of aromatic nitrogens is 5. The van der Waals surface area contributed by atoms with Crippen molar-refractivity contribution in [3.8, 4) is 22.3 Å². The summed E-state index contributed by atoms with van der Waals surface area (Å²) in [5.74, 6) is 1.86. The van der Waals surface area contributed by atoms with Crippen LogP contribution in [0.2, 0.25) is 5.02 Å². The Morgan fingerprint density at radius 2 is 1.77 bits per heavy atom. The first-order chi connectivity index (χ1) is 15.0. The van der Waals surface area contributed by atoms with Crippen LogP contribution in [0.5, 0.6) is 0 Å². The van der Waals surface area contributed by atoms with Crippen molar-refractivity contribution < 1.29 is 0 Å². The van der Waals surface area contributed by atoms with Gasteiger partial charge in [-0.3, -0.25) is 4.68 Å². The van der Waals surface area contributed by atoms with Gasteiger partial charge in [0.25, 0.3) is 0 Å². The van der Waals surface area contributed by atoms with Crippen molar-refractivity contribution in [1.29, 1.82) is 0 Å². The Kier molecular flexibility index (Phi) is 5.18. The fraction of sp³-hybridized carbons (Fsp3) is 0.375. The predicted octanol–water partition coefficient (Wildman–Crippen LogP) is 5.47. The molecule has 0 N–H and O–H groups in total. The number of aryl methyl sites for hydroxylation is 1. The maximum Gasteiger partial charge on any atom is 0.128 e. The molecule has 0 radical (unpaired) electrons. The Morgan fingerprint density at radius 3 is 2.45 bits per heavy atom. The lowest BCUT2D eigenvalue weighted by molar-refractivity contribution is 0.340. The second-order valence-electron chi connectivity index (χ2n) is 8.76. The summed E-state index contributed by atoms with van der Waals surface area (Å²) in [6, 6.07) is 6.96. The zero-order valence-corrected chi connectivity index (χ0v) is 18.9. The molecule has 0 bridgehead atoms. The maximum absolute atomic E-state index is 6.50. The number of pyridine rings is 2. The van der Waals surface area contributed by atoms with Crippen molar-refractivity contribution in [3.05, 3.63) is 54.2 Å². The van der Waals surface area contributed by atoms with Gasteiger partial charge in [0.1, 0.15) is 5.82 Å². The van der Waals surface area contributed by atoms with Crippen LogP contribution in [0.1, 0.15) is 32.6 Å². The summed E-state index contributed by atoms with van der Waals surface area (Å²) in [5, 5.41) is 9.37. The monoisotopic (exact) mass is 434 g/mol. The first-order valence-electron chi connectivity index (χ1n) is 10.8.